The summed E-state index contributed by atoms with van der Waals surface area (Å²) in [4.78, 5) is 0.283. The van der Waals surface area contributed by atoms with E-state index in [0.29, 0.717) is 0 Å². The molecule has 0 saturated carbocycles. The molecule has 11 rings (SSSR count). The highest BCUT2D eigenvalue weighted by Crippen LogP contribution is 2.46. The zero-order valence-electron chi connectivity index (χ0n) is 60.3. The molecule has 258 valence electrons. The highest BCUT2D eigenvalue weighted by Gasteiger charge is 2.21. The largest absolute Gasteiger partial charge is 0.455 e. The van der Waals surface area contributed by atoms with Crippen molar-refractivity contribution in [2.45, 2.75) is 0 Å². The maximum atomic E-state index is 9.86. The van der Waals surface area contributed by atoms with Crippen molar-refractivity contribution in [3.8, 4) is 33.4 Å². The Morgan fingerprint density at radius 2 is 0.873 bits per heavy atom. The monoisotopic (exact) mass is 736 g/mol. The SMILES string of the molecule is [2H]c1c([2H])c([2H])c(-c2c([2H])c([2H])c(N(c3c([2H])c([2H])c(-c4c([2H])c([2H])c([2H])c5c4oc4c([2H])c([2H])c([2H])c([2H])c45)c([2H])c3[2H])c3c([2H])c([2H])c([2H])c([2H])c3-c3c([2H])c([2H])c([2H])c4c3oc3c5c([2H])c([2H])c([2H])c([2H])c5c([2H])c([2H])c34)c([2H])c2[2H])c([2H])c1[2H]. The Balaban J connectivity index is 1.36. The van der Waals surface area contributed by atoms with Gasteiger partial charge in [0, 0.05) is 55.0 Å². The van der Waals surface area contributed by atoms with E-state index in [2.05, 4.69) is 0 Å². The molecule has 0 aliphatic heterocycles. The predicted octanol–water partition coefficient (Wildman–Crippen LogP) is 15.1. The molecule has 11 aromatic rings. The van der Waals surface area contributed by atoms with Crippen LogP contribution in [0.3, 0.4) is 0 Å². The molecule has 2 heterocycles. The number of anilines is 3. The number of hydrogen-bond donors (Lipinski definition) is 0. The number of rotatable bonds is 6. The summed E-state index contributed by atoms with van der Waals surface area (Å²) in [6.07, 6.45) is 0. The van der Waals surface area contributed by atoms with E-state index in [1.54, 1.807) is 0 Å². The van der Waals surface area contributed by atoms with Crippen molar-refractivity contribution >= 4 is 71.7 Å². The van der Waals surface area contributed by atoms with Crippen LogP contribution in [-0.4, -0.2) is 0 Å². The average Bonchev–Trinajstić information content (AvgIpc) is 1.39. The van der Waals surface area contributed by atoms with E-state index in [-0.39, 0.29) is 4.90 Å². The number of nitrogens with zero attached hydrogens (tertiary/aromatic N) is 1. The molecule has 0 fully saturated rings. The van der Waals surface area contributed by atoms with E-state index >= 15 is 0 Å². The van der Waals surface area contributed by atoms with Gasteiger partial charge in [0.2, 0.25) is 0 Å². The van der Waals surface area contributed by atoms with Crippen LogP contribution < -0.4 is 4.90 Å². The van der Waals surface area contributed by atoms with Crippen LogP contribution in [0.4, 0.5) is 17.1 Å². The summed E-state index contributed by atoms with van der Waals surface area (Å²) in [5.41, 5.74) is -12.2. The zero-order chi connectivity index (χ0) is 65.0. The van der Waals surface area contributed by atoms with Gasteiger partial charge < -0.3 is 13.7 Å². The molecule has 0 aliphatic carbocycles. The molecule has 0 spiro atoms. The van der Waals surface area contributed by atoms with Gasteiger partial charge in [-0.05, 0) is 64.4 Å². The zero-order valence-corrected chi connectivity index (χ0v) is 27.3. The Kier molecular flexibility index (Phi) is 2.90. The first-order chi connectivity index (χ1) is 41.0. The molecule has 55 heavy (non-hydrogen) atoms. The van der Waals surface area contributed by atoms with E-state index < -0.39 is 304 Å². The van der Waals surface area contributed by atoms with Crippen LogP contribution in [0.15, 0.2) is 208 Å². The topological polar surface area (TPSA) is 29.5 Å². The minimum absolute atomic E-state index is 0.283. The van der Waals surface area contributed by atoms with Gasteiger partial charge in [-0.15, -0.1) is 0 Å². The van der Waals surface area contributed by atoms with Crippen LogP contribution in [0, 0.1) is 0 Å². The van der Waals surface area contributed by atoms with Crippen LogP contribution in [0.25, 0.3) is 88.0 Å². The Bertz CT molecular complexity index is 5060. The number of furan rings is 2. The predicted molar refractivity (Wildman–Crippen MR) is 229 cm³/mol. The highest BCUT2D eigenvalue weighted by molar-refractivity contribution is 6.17. The van der Waals surface area contributed by atoms with Gasteiger partial charge in [0.05, 0.1) is 50.9 Å². The molecule has 0 saturated heterocycles. The number of hydrogen-bond acceptors (Lipinski definition) is 3. The number of para-hydroxylation sites is 4. The van der Waals surface area contributed by atoms with Crippen LogP contribution in [0.5, 0.6) is 0 Å². The third-order valence-electron chi connectivity index (χ3n) is 8.49. The molecular formula is C52H33NO2. The van der Waals surface area contributed by atoms with E-state index in [4.69, 9.17) is 36.2 Å². The van der Waals surface area contributed by atoms with Gasteiger partial charge in [-0.1, -0.05) is 157 Å². The molecule has 9 aromatic carbocycles. The van der Waals surface area contributed by atoms with Crippen LogP contribution >= 0.6 is 0 Å². The number of fused-ring (bicyclic) bond motifs is 8. The van der Waals surface area contributed by atoms with E-state index in [1.807, 2.05) is 0 Å². The number of benzene rings is 9. The first kappa shape index (κ1) is 12.6. The van der Waals surface area contributed by atoms with Gasteiger partial charge in [-0.25, -0.2) is 0 Å². The molecular weight excluding hydrogens is 671 g/mol. The van der Waals surface area contributed by atoms with E-state index in [1.165, 1.54) is 0 Å². The van der Waals surface area contributed by atoms with Crippen molar-refractivity contribution < 1.29 is 54.1 Å². The first-order valence-corrected chi connectivity index (χ1v) is 16.0. The Morgan fingerprint density at radius 1 is 0.327 bits per heavy atom. The molecule has 0 bridgehead atoms. The lowest BCUT2D eigenvalue weighted by molar-refractivity contribution is 0.670. The molecule has 2 aromatic heterocycles. The minimum Gasteiger partial charge on any atom is -0.455 e. The third-order valence-corrected chi connectivity index (χ3v) is 8.49. The molecule has 0 radical (unpaired) electrons. The summed E-state index contributed by atoms with van der Waals surface area (Å²) in [6.45, 7) is 0. The summed E-state index contributed by atoms with van der Waals surface area (Å²) in [5, 5.41) is -3.37. The molecule has 3 nitrogen and oxygen atoms in total. The van der Waals surface area contributed by atoms with Crippen LogP contribution in [0.2, 0.25) is 0 Å². The maximum Gasteiger partial charge on any atom is 0.143 e. The standard InChI is InChI=1S/C52H33NO2/c1-2-12-34(13-3-1)35-24-29-38(30-25-35)53(39-31-26-37(27-32-39)41-18-10-20-45-43-17-7-9-23-49(43)54-50(41)45)48-22-8-6-16-42(48)44-19-11-21-46-47-33-28-36-14-4-5-15-40(36)51(47)55-52(44)46/h1-33H/i1D,2D,3D,4D,5D,6D,7D,8D,9D,10D,11D,12D,13D,14D,15D,16D,17D,18D,19D,20D,21D,22D,23D,24D,25D,26D,27D,28D,29D,30D,31D,32D,33D. The van der Waals surface area contributed by atoms with Crippen LogP contribution in [-0.2, 0) is 0 Å². The summed E-state index contributed by atoms with van der Waals surface area (Å²) in [5.74, 6) is 0. The lowest BCUT2D eigenvalue weighted by Crippen LogP contribution is -2.11. The van der Waals surface area contributed by atoms with E-state index in [9.17, 15) is 17.8 Å². The molecule has 0 atom stereocenters. The Morgan fingerprint density at radius 3 is 1.67 bits per heavy atom. The van der Waals surface area contributed by atoms with Crippen LogP contribution in [0.1, 0.15) is 45.2 Å². The summed E-state index contributed by atoms with van der Waals surface area (Å²) >= 11 is 0. The lowest BCUT2D eigenvalue weighted by Gasteiger charge is -2.28. The molecule has 0 N–H and O–H groups in total. The van der Waals surface area contributed by atoms with E-state index in [0.717, 1.165) is 0 Å². The first-order valence-electron chi connectivity index (χ1n) is 32.5. The minimum atomic E-state index is -1.36. The third kappa shape index (κ3) is 5.13. The average molecular weight is 737 g/mol. The second-order valence-corrected chi connectivity index (χ2v) is 11.5. The summed E-state index contributed by atoms with van der Waals surface area (Å²) in [7, 11) is 0. The fraction of sp³-hybridized carbons (Fsp3) is 0. The molecule has 3 heteroatoms. The summed E-state index contributed by atoms with van der Waals surface area (Å²) in [6, 6.07) is -34.7. The lowest BCUT2D eigenvalue weighted by atomic mass is 9.98. The fourth-order valence-corrected chi connectivity index (χ4v) is 6.07. The van der Waals surface area contributed by atoms with Crippen molar-refractivity contribution in [1.29, 1.82) is 0 Å². The fourth-order valence-electron chi connectivity index (χ4n) is 6.07. The normalized spacial score (nSPS) is 20.0. The van der Waals surface area contributed by atoms with Gasteiger partial charge in [0.25, 0.3) is 0 Å². The van der Waals surface area contributed by atoms with Gasteiger partial charge in [-0.3, -0.25) is 0 Å². The second kappa shape index (κ2) is 12.6. The second-order valence-electron chi connectivity index (χ2n) is 11.5. The van der Waals surface area contributed by atoms with Gasteiger partial charge in [-0.2, -0.15) is 0 Å². The molecule has 0 aliphatic rings. The Labute approximate surface area is 364 Å². The van der Waals surface area contributed by atoms with Crippen molar-refractivity contribution in [2.24, 2.45) is 0 Å². The van der Waals surface area contributed by atoms with Crippen molar-refractivity contribution in [1.82, 2.24) is 0 Å². The highest BCUT2D eigenvalue weighted by atomic mass is 16.3. The Hall–Kier alpha value is -7.36. The van der Waals surface area contributed by atoms with Gasteiger partial charge >= 0.3 is 0 Å². The van der Waals surface area contributed by atoms with Gasteiger partial charge in [0.15, 0.2) is 0 Å². The maximum absolute atomic E-state index is 9.86. The van der Waals surface area contributed by atoms with Gasteiger partial charge in [0.1, 0.15) is 22.3 Å². The van der Waals surface area contributed by atoms with Crippen molar-refractivity contribution in [2.75, 3.05) is 4.90 Å². The molecule has 0 amide bonds. The van der Waals surface area contributed by atoms with Crippen molar-refractivity contribution in [3.05, 3.63) is 199 Å². The van der Waals surface area contributed by atoms with Crippen molar-refractivity contribution in [3.63, 3.8) is 0 Å². The molecule has 0 unspecified atom stereocenters. The summed E-state index contributed by atoms with van der Waals surface area (Å²) < 4.78 is 311. The quantitative estimate of drug-likeness (QED) is 0.170. The smallest absolute Gasteiger partial charge is 0.143 e.